The van der Waals surface area contributed by atoms with Crippen LogP contribution < -0.4 is 0 Å². The van der Waals surface area contributed by atoms with Crippen LogP contribution in [0.25, 0.3) is 0 Å². The zero-order chi connectivity index (χ0) is 15.4. The van der Waals surface area contributed by atoms with Gasteiger partial charge in [-0.3, -0.25) is 0 Å². The fraction of sp³-hybridized carbons (Fsp3) is 0. The second-order valence-electron chi connectivity index (χ2n) is 3.66. The highest BCUT2D eigenvalue weighted by atomic mass is 16.3. The van der Waals surface area contributed by atoms with E-state index in [0.29, 0.717) is 0 Å². The standard InChI is InChI=1S/2C6H6O4.2H2O/c2*7-3-1-4(8)6(10)2-5(3)9;;/h2*1-2,7-10H;2*1H2. The second kappa shape index (κ2) is 8.14. The highest BCUT2D eigenvalue weighted by molar-refractivity contribution is 5.51. The van der Waals surface area contributed by atoms with E-state index in [1.165, 1.54) is 0 Å². The van der Waals surface area contributed by atoms with Crippen LogP contribution in [0.1, 0.15) is 0 Å². The van der Waals surface area contributed by atoms with Crippen molar-refractivity contribution in [3.8, 4) is 46.0 Å². The minimum atomic E-state index is -0.463. The van der Waals surface area contributed by atoms with E-state index in [9.17, 15) is 0 Å². The third kappa shape index (κ3) is 5.03. The first-order chi connectivity index (χ1) is 9.22. The van der Waals surface area contributed by atoms with Gasteiger partial charge in [0.1, 0.15) is 0 Å². The Morgan fingerprint density at radius 3 is 0.500 bits per heavy atom. The molecular weight excluding hydrogens is 304 g/mol. The summed E-state index contributed by atoms with van der Waals surface area (Å²) < 4.78 is 0. The van der Waals surface area contributed by atoms with Crippen LogP contribution >= 0.6 is 0 Å². The number of phenolic OH excluding ortho intramolecular Hbond substituents is 8. The van der Waals surface area contributed by atoms with Crippen molar-refractivity contribution in [2.24, 2.45) is 0 Å². The molecule has 10 nitrogen and oxygen atoms in total. The minimum Gasteiger partial charge on any atom is -0.504 e. The topological polar surface area (TPSA) is 225 Å². The van der Waals surface area contributed by atoms with Gasteiger partial charge in [0.25, 0.3) is 0 Å². The van der Waals surface area contributed by atoms with E-state index in [0.717, 1.165) is 24.3 Å². The molecule has 12 N–H and O–H groups in total. The Labute approximate surface area is 123 Å². The summed E-state index contributed by atoms with van der Waals surface area (Å²) in [6.07, 6.45) is 0. The van der Waals surface area contributed by atoms with Crippen LogP contribution in [-0.4, -0.2) is 51.8 Å². The van der Waals surface area contributed by atoms with E-state index in [2.05, 4.69) is 0 Å². The van der Waals surface area contributed by atoms with Gasteiger partial charge in [-0.15, -0.1) is 0 Å². The van der Waals surface area contributed by atoms with E-state index in [4.69, 9.17) is 40.9 Å². The molecule has 0 atom stereocenters. The second-order valence-corrected chi connectivity index (χ2v) is 3.66. The van der Waals surface area contributed by atoms with Crippen molar-refractivity contribution in [2.75, 3.05) is 0 Å². The molecule has 0 saturated carbocycles. The predicted octanol–water partition coefficient (Wildman–Crippen LogP) is -0.631. The monoisotopic (exact) mass is 320 g/mol. The molecule has 0 aliphatic heterocycles. The van der Waals surface area contributed by atoms with Gasteiger partial charge in [-0.1, -0.05) is 0 Å². The Morgan fingerprint density at radius 1 is 0.318 bits per heavy atom. The smallest absolute Gasteiger partial charge is 0.161 e. The van der Waals surface area contributed by atoms with Crippen LogP contribution in [0.15, 0.2) is 24.3 Å². The van der Waals surface area contributed by atoms with Gasteiger partial charge in [-0.25, -0.2) is 0 Å². The van der Waals surface area contributed by atoms with E-state index in [1.54, 1.807) is 0 Å². The molecule has 22 heavy (non-hydrogen) atoms. The van der Waals surface area contributed by atoms with Gasteiger partial charge in [0.05, 0.1) is 0 Å². The fourth-order valence-electron chi connectivity index (χ4n) is 1.11. The Balaban J connectivity index is 0. The third-order valence-corrected chi connectivity index (χ3v) is 2.14. The molecule has 0 spiro atoms. The molecule has 0 aliphatic carbocycles. The van der Waals surface area contributed by atoms with Crippen molar-refractivity contribution in [1.82, 2.24) is 0 Å². The zero-order valence-electron chi connectivity index (χ0n) is 10.9. The number of rotatable bonds is 0. The fourth-order valence-corrected chi connectivity index (χ4v) is 1.11. The summed E-state index contributed by atoms with van der Waals surface area (Å²) in [5.74, 6) is -3.70. The number of hydrogen-bond donors (Lipinski definition) is 8. The van der Waals surface area contributed by atoms with Crippen molar-refractivity contribution in [3.63, 3.8) is 0 Å². The van der Waals surface area contributed by atoms with Gasteiger partial charge in [0, 0.05) is 24.3 Å². The van der Waals surface area contributed by atoms with Crippen LogP contribution in [-0.2, 0) is 0 Å². The molecule has 2 aromatic rings. The SMILES string of the molecule is O.O.Oc1cc(O)c(O)cc1O.Oc1cc(O)c(O)cc1O. The lowest BCUT2D eigenvalue weighted by Crippen LogP contribution is -1.70. The molecule has 10 heteroatoms. The van der Waals surface area contributed by atoms with Crippen LogP contribution in [0, 0.1) is 0 Å². The molecule has 2 aromatic carbocycles. The quantitative estimate of drug-likeness (QED) is 0.229. The summed E-state index contributed by atoms with van der Waals surface area (Å²) in [6.45, 7) is 0. The molecule has 0 aromatic heterocycles. The summed E-state index contributed by atoms with van der Waals surface area (Å²) in [5, 5.41) is 69.6. The van der Waals surface area contributed by atoms with Gasteiger partial charge in [0.2, 0.25) is 0 Å². The maximum absolute atomic E-state index is 8.70. The van der Waals surface area contributed by atoms with Gasteiger partial charge in [-0.2, -0.15) is 0 Å². The highest BCUT2D eigenvalue weighted by Crippen LogP contribution is 2.36. The van der Waals surface area contributed by atoms with Crippen molar-refractivity contribution in [1.29, 1.82) is 0 Å². The van der Waals surface area contributed by atoms with E-state index in [1.807, 2.05) is 0 Å². The van der Waals surface area contributed by atoms with E-state index in [-0.39, 0.29) is 11.0 Å². The Bertz CT molecular complexity index is 470. The van der Waals surface area contributed by atoms with Gasteiger partial charge in [-0.05, 0) is 0 Å². The van der Waals surface area contributed by atoms with Crippen molar-refractivity contribution in [2.45, 2.75) is 0 Å². The highest BCUT2D eigenvalue weighted by Gasteiger charge is 2.05. The summed E-state index contributed by atoms with van der Waals surface area (Å²) in [5.41, 5.74) is 0. The lowest BCUT2D eigenvalue weighted by Gasteiger charge is -1.99. The molecule has 0 heterocycles. The molecule has 0 unspecified atom stereocenters. The van der Waals surface area contributed by atoms with Crippen LogP contribution in [0.3, 0.4) is 0 Å². The first-order valence-corrected chi connectivity index (χ1v) is 5.10. The van der Waals surface area contributed by atoms with Gasteiger partial charge < -0.3 is 51.8 Å². The van der Waals surface area contributed by atoms with Crippen LogP contribution in [0.4, 0.5) is 0 Å². The lowest BCUT2D eigenvalue weighted by molar-refractivity contribution is 0.373. The average molecular weight is 320 g/mol. The first kappa shape index (κ1) is 21.1. The molecule has 0 radical (unpaired) electrons. The molecule has 124 valence electrons. The maximum Gasteiger partial charge on any atom is 0.161 e. The summed E-state index contributed by atoms with van der Waals surface area (Å²) >= 11 is 0. The van der Waals surface area contributed by atoms with Gasteiger partial charge in [0.15, 0.2) is 46.0 Å². The lowest BCUT2D eigenvalue weighted by atomic mass is 10.3. The molecule has 0 fully saturated rings. The van der Waals surface area contributed by atoms with E-state index >= 15 is 0 Å². The minimum absolute atomic E-state index is 0. The zero-order valence-corrected chi connectivity index (χ0v) is 10.9. The van der Waals surface area contributed by atoms with Crippen molar-refractivity contribution < 1.29 is 51.8 Å². The largest absolute Gasteiger partial charge is 0.504 e. The summed E-state index contributed by atoms with van der Waals surface area (Å²) in [4.78, 5) is 0. The normalized spacial score (nSPS) is 8.73. The number of aromatic hydroxyl groups is 8. The third-order valence-electron chi connectivity index (χ3n) is 2.14. The van der Waals surface area contributed by atoms with Crippen LogP contribution in [0.2, 0.25) is 0 Å². The summed E-state index contributed by atoms with van der Waals surface area (Å²) in [6, 6.07) is 3.41. The molecule has 0 bridgehead atoms. The molecular formula is C12H16O10. The first-order valence-electron chi connectivity index (χ1n) is 5.10. The van der Waals surface area contributed by atoms with E-state index < -0.39 is 46.0 Å². The Hall–Kier alpha value is -3.24. The van der Waals surface area contributed by atoms with Crippen molar-refractivity contribution >= 4 is 0 Å². The van der Waals surface area contributed by atoms with Crippen molar-refractivity contribution in [3.05, 3.63) is 24.3 Å². The van der Waals surface area contributed by atoms with Crippen LogP contribution in [0.5, 0.6) is 46.0 Å². The molecule has 0 aliphatic rings. The number of phenols is 8. The Kier molecular flexibility index (Phi) is 7.79. The maximum atomic E-state index is 8.70. The molecule has 0 saturated heterocycles. The average Bonchev–Trinajstić information content (AvgIpc) is 2.35. The predicted molar refractivity (Wildman–Crippen MR) is 73.4 cm³/mol. The Morgan fingerprint density at radius 2 is 0.409 bits per heavy atom. The number of hydrogen-bond acceptors (Lipinski definition) is 8. The molecule has 2 rings (SSSR count). The number of benzene rings is 2. The summed E-state index contributed by atoms with van der Waals surface area (Å²) in [7, 11) is 0. The van der Waals surface area contributed by atoms with Gasteiger partial charge >= 0.3 is 0 Å². The molecule has 0 amide bonds.